The van der Waals surface area contributed by atoms with Crippen LogP contribution in [-0.2, 0) is 0 Å². The van der Waals surface area contributed by atoms with Crippen molar-refractivity contribution in [2.45, 2.75) is 6.92 Å². The van der Waals surface area contributed by atoms with E-state index >= 15 is 0 Å². The van der Waals surface area contributed by atoms with E-state index in [1.54, 1.807) is 6.08 Å². The first kappa shape index (κ1) is 10.6. The third-order valence-electron chi connectivity index (χ3n) is 0.348. The van der Waals surface area contributed by atoms with Crippen molar-refractivity contribution in [3.63, 3.8) is 0 Å². The van der Waals surface area contributed by atoms with Crippen LogP contribution in [0.25, 0.3) is 0 Å². The third-order valence-corrected chi connectivity index (χ3v) is 0.348. The normalized spacial score (nSPS) is 5.12. The van der Waals surface area contributed by atoms with Gasteiger partial charge in [-0.05, 0) is 31.4 Å². The van der Waals surface area contributed by atoms with Crippen LogP contribution >= 0.6 is 24.4 Å². The van der Waals surface area contributed by atoms with Crippen LogP contribution < -0.4 is 0 Å². The van der Waals surface area contributed by atoms with E-state index in [0.29, 0.717) is 0 Å². The summed E-state index contributed by atoms with van der Waals surface area (Å²) >= 11 is 7.92. The maximum absolute atomic E-state index is 3.96. The summed E-state index contributed by atoms with van der Waals surface area (Å²) in [7, 11) is 0. The molecule has 44 valence electrons. The van der Waals surface area contributed by atoms with E-state index < -0.39 is 0 Å². The molecular formula is C6H8S2. The monoisotopic (exact) mass is 144 g/mol. The van der Waals surface area contributed by atoms with Crippen LogP contribution in [0.15, 0.2) is 24.8 Å². The molecule has 8 heavy (non-hydrogen) atoms. The van der Waals surface area contributed by atoms with Gasteiger partial charge in [-0.25, -0.2) is 0 Å². The standard InChI is InChI=1S/C5H8.CS2/c1-4-5(2)3;2-1-3/h4H,1-2H2,3H3;. The molecule has 0 N–H and O–H groups in total. The second-order valence-electron chi connectivity index (χ2n) is 1.13. The van der Waals surface area contributed by atoms with Gasteiger partial charge in [0.1, 0.15) is 0 Å². The molecule has 0 fully saturated rings. The van der Waals surface area contributed by atoms with E-state index in [9.17, 15) is 0 Å². The zero-order valence-corrected chi connectivity index (χ0v) is 6.44. The Bertz CT molecular complexity index is 108. The number of allylic oxidation sites excluding steroid dienone is 2. The first-order valence-corrected chi connectivity index (χ1v) is 2.78. The first-order valence-electron chi connectivity index (χ1n) is 1.96. The molecule has 0 saturated carbocycles. The van der Waals surface area contributed by atoms with E-state index in [1.807, 2.05) is 11.2 Å². The zero-order valence-electron chi connectivity index (χ0n) is 4.81. The van der Waals surface area contributed by atoms with Crippen molar-refractivity contribution in [2.24, 2.45) is 0 Å². The molecule has 0 saturated heterocycles. The molecular weight excluding hydrogens is 136 g/mol. The molecule has 0 radical (unpaired) electrons. The lowest BCUT2D eigenvalue weighted by molar-refractivity contribution is 1.58. The van der Waals surface area contributed by atoms with Gasteiger partial charge < -0.3 is 0 Å². The van der Waals surface area contributed by atoms with Gasteiger partial charge in [0.15, 0.2) is 0 Å². The van der Waals surface area contributed by atoms with Gasteiger partial charge in [-0.15, -0.1) is 0 Å². The average Bonchev–Trinajstić information content (AvgIpc) is 1.69. The molecule has 0 aliphatic rings. The molecule has 0 aromatic carbocycles. The van der Waals surface area contributed by atoms with Crippen molar-refractivity contribution in [3.8, 4) is 0 Å². The highest BCUT2D eigenvalue weighted by molar-refractivity contribution is 7.93. The van der Waals surface area contributed by atoms with Crippen molar-refractivity contribution in [3.05, 3.63) is 24.8 Å². The smallest absolute Gasteiger partial charge is 0.0297 e. The molecule has 0 heterocycles. The maximum atomic E-state index is 3.96. The number of hydrogen-bond donors (Lipinski definition) is 0. The summed E-state index contributed by atoms with van der Waals surface area (Å²) in [5, 5.41) is 0. The predicted octanol–water partition coefficient (Wildman–Crippen LogP) is 2.77. The Kier molecular flexibility index (Phi) is 13.1. The Hall–Kier alpha value is -0.300. The Balaban J connectivity index is 0. The number of rotatable bonds is 1. The summed E-state index contributed by atoms with van der Waals surface area (Å²) in [6.07, 6.45) is 1.72. The molecule has 0 aromatic heterocycles. The van der Waals surface area contributed by atoms with Crippen molar-refractivity contribution in [2.75, 3.05) is 0 Å². The lowest BCUT2D eigenvalue weighted by Gasteiger charge is -1.71. The zero-order chi connectivity index (χ0) is 6.99. The van der Waals surface area contributed by atoms with Gasteiger partial charge >= 0.3 is 0 Å². The molecule has 0 amide bonds. The average molecular weight is 144 g/mol. The van der Waals surface area contributed by atoms with Gasteiger partial charge in [-0.1, -0.05) is 24.8 Å². The molecule has 0 atom stereocenters. The van der Waals surface area contributed by atoms with E-state index in [-0.39, 0.29) is 0 Å². The summed E-state index contributed by atoms with van der Waals surface area (Å²) in [6.45, 7) is 8.93. The van der Waals surface area contributed by atoms with E-state index in [1.165, 1.54) is 0 Å². The summed E-state index contributed by atoms with van der Waals surface area (Å²) in [5.74, 6) is 0. The fraction of sp³-hybridized carbons (Fsp3) is 0.167. The van der Waals surface area contributed by atoms with Crippen molar-refractivity contribution in [1.82, 2.24) is 0 Å². The Morgan fingerprint density at radius 3 is 1.75 bits per heavy atom. The maximum Gasteiger partial charge on any atom is 0.0297 e. The Morgan fingerprint density at radius 1 is 1.62 bits per heavy atom. The van der Waals surface area contributed by atoms with Gasteiger partial charge in [0, 0.05) is 4.31 Å². The van der Waals surface area contributed by atoms with Crippen LogP contribution in [-0.4, -0.2) is 4.31 Å². The molecule has 0 rings (SSSR count). The van der Waals surface area contributed by atoms with E-state index in [2.05, 4.69) is 37.6 Å². The Morgan fingerprint density at radius 2 is 1.75 bits per heavy atom. The SMILES string of the molecule is C=CC(=C)C.S=C=S. The predicted molar refractivity (Wildman–Crippen MR) is 45.2 cm³/mol. The van der Waals surface area contributed by atoms with Crippen LogP contribution in [0.3, 0.4) is 0 Å². The van der Waals surface area contributed by atoms with Crippen molar-refractivity contribution in [1.29, 1.82) is 0 Å². The summed E-state index contributed by atoms with van der Waals surface area (Å²) in [6, 6.07) is 0. The first-order chi connectivity index (χ1) is 3.68. The topological polar surface area (TPSA) is 0 Å². The molecule has 2 heteroatoms. The quantitative estimate of drug-likeness (QED) is 0.410. The van der Waals surface area contributed by atoms with Crippen LogP contribution in [0.1, 0.15) is 6.92 Å². The van der Waals surface area contributed by atoms with Crippen LogP contribution in [0.5, 0.6) is 0 Å². The fourth-order valence-electron chi connectivity index (χ4n) is 0. The van der Waals surface area contributed by atoms with Gasteiger partial charge in [0.2, 0.25) is 0 Å². The number of thiocarbonyl (C=S) groups is 2. The van der Waals surface area contributed by atoms with Crippen LogP contribution in [0.4, 0.5) is 0 Å². The highest BCUT2D eigenvalue weighted by atomic mass is 32.1. The van der Waals surface area contributed by atoms with Gasteiger partial charge in [0.05, 0.1) is 0 Å². The molecule has 0 aliphatic carbocycles. The van der Waals surface area contributed by atoms with Crippen molar-refractivity contribution >= 4 is 28.7 Å². The minimum absolute atomic E-state index is 1.02. The number of hydrogen-bond acceptors (Lipinski definition) is 2. The van der Waals surface area contributed by atoms with Gasteiger partial charge in [0.25, 0.3) is 0 Å². The van der Waals surface area contributed by atoms with Crippen LogP contribution in [0.2, 0.25) is 0 Å². The largest absolute Gasteiger partial charge is 0.0988 e. The lowest BCUT2D eigenvalue weighted by Crippen LogP contribution is -1.50. The molecule has 0 unspecified atom stereocenters. The minimum atomic E-state index is 1.02. The molecule has 0 aromatic rings. The molecule has 0 bridgehead atoms. The molecule has 0 spiro atoms. The second kappa shape index (κ2) is 9.85. The molecule has 0 aliphatic heterocycles. The highest BCUT2D eigenvalue weighted by Gasteiger charge is 1.59. The summed E-state index contributed by atoms with van der Waals surface area (Å²) in [4.78, 5) is 0. The van der Waals surface area contributed by atoms with E-state index in [0.717, 1.165) is 5.57 Å². The fourth-order valence-corrected chi connectivity index (χ4v) is 0. The van der Waals surface area contributed by atoms with E-state index in [4.69, 9.17) is 0 Å². The minimum Gasteiger partial charge on any atom is -0.0988 e. The summed E-state index contributed by atoms with van der Waals surface area (Å²) < 4.78 is 1.92. The Labute approximate surface area is 60.9 Å². The second-order valence-corrected chi connectivity index (χ2v) is 1.80. The molecule has 0 nitrogen and oxygen atoms in total. The lowest BCUT2D eigenvalue weighted by atomic mass is 10.4. The third kappa shape index (κ3) is 43.6. The summed E-state index contributed by atoms with van der Waals surface area (Å²) in [5.41, 5.74) is 1.02. The van der Waals surface area contributed by atoms with Crippen LogP contribution in [0, 0.1) is 0 Å². The van der Waals surface area contributed by atoms with Gasteiger partial charge in [-0.2, -0.15) is 0 Å². The van der Waals surface area contributed by atoms with Crippen molar-refractivity contribution < 1.29 is 0 Å². The van der Waals surface area contributed by atoms with Gasteiger partial charge in [-0.3, -0.25) is 0 Å². The highest BCUT2D eigenvalue weighted by Crippen LogP contribution is 1.81.